The summed E-state index contributed by atoms with van der Waals surface area (Å²) in [5.41, 5.74) is 0.926. The fourth-order valence-electron chi connectivity index (χ4n) is 2.16. The van der Waals surface area contributed by atoms with Crippen LogP contribution >= 0.6 is 0 Å². The Morgan fingerprint density at radius 1 is 1.17 bits per heavy atom. The van der Waals surface area contributed by atoms with Gasteiger partial charge in [-0.1, -0.05) is 18.2 Å². The van der Waals surface area contributed by atoms with Crippen LogP contribution in [0, 0.1) is 0 Å². The van der Waals surface area contributed by atoms with Gasteiger partial charge >= 0.3 is 6.18 Å². The van der Waals surface area contributed by atoms with E-state index in [1.54, 1.807) is 24.3 Å². The van der Waals surface area contributed by atoms with Crippen molar-refractivity contribution in [3.8, 4) is 0 Å². The summed E-state index contributed by atoms with van der Waals surface area (Å²) in [7, 11) is 0. The van der Waals surface area contributed by atoms with Gasteiger partial charge in [-0.3, -0.25) is 9.78 Å². The number of hydrogen-bond donors (Lipinski definition) is 2. The van der Waals surface area contributed by atoms with Gasteiger partial charge in [0.05, 0.1) is 11.0 Å². The highest BCUT2D eigenvalue weighted by Crippen LogP contribution is 2.32. The second-order valence-electron chi connectivity index (χ2n) is 4.84. The molecule has 0 fully saturated rings. The maximum Gasteiger partial charge on any atom is 0.412 e. The van der Waals surface area contributed by atoms with Gasteiger partial charge in [0.2, 0.25) is 0 Å². The van der Waals surface area contributed by atoms with E-state index in [2.05, 4.69) is 15.0 Å². The summed E-state index contributed by atoms with van der Waals surface area (Å²) < 4.78 is 39.6. The lowest BCUT2D eigenvalue weighted by atomic mass is 10.1. The first-order chi connectivity index (χ1) is 10.9. The van der Waals surface area contributed by atoms with E-state index in [0.717, 1.165) is 6.20 Å². The minimum atomic E-state index is -4.65. The summed E-state index contributed by atoms with van der Waals surface area (Å²) >= 11 is 0. The van der Waals surface area contributed by atoms with Crippen molar-refractivity contribution in [3.05, 3.63) is 60.2 Å². The van der Waals surface area contributed by atoms with Gasteiger partial charge in [-0.15, -0.1) is 0 Å². The molecule has 5 nitrogen and oxygen atoms in total. The minimum absolute atomic E-state index is 0.149. The van der Waals surface area contributed by atoms with Crippen LogP contribution < -0.4 is 5.32 Å². The first-order valence-electron chi connectivity index (χ1n) is 6.67. The Kier molecular flexibility index (Phi) is 3.73. The Morgan fingerprint density at radius 2 is 1.96 bits per heavy atom. The van der Waals surface area contributed by atoms with Crippen molar-refractivity contribution in [3.63, 3.8) is 0 Å². The van der Waals surface area contributed by atoms with Crippen molar-refractivity contribution in [1.82, 2.24) is 20.3 Å². The van der Waals surface area contributed by atoms with E-state index in [-0.39, 0.29) is 11.4 Å². The molecule has 3 aromatic rings. The predicted molar refractivity (Wildman–Crippen MR) is 76.6 cm³/mol. The number of para-hydroxylation sites is 2. The molecule has 0 saturated carbocycles. The zero-order chi connectivity index (χ0) is 16.4. The molecular formula is C15H11F3N4O. The van der Waals surface area contributed by atoms with Crippen LogP contribution in [0.4, 0.5) is 13.2 Å². The lowest BCUT2D eigenvalue weighted by Crippen LogP contribution is -2.38. The number of pyridine rings is 1. The standard InChI is InChI=1S/C15H11F3N4O/c16-15(17,18)12(9-4-3-7-19-8-9)22-14(23)13-20-10-5-1-2-6-11(10)21-13/h1-8,12H,(H,20,21)(H,22,23)/t12-/m1/s1. The SMILES string of the molecule is O=C(N[C@H](c1cccnc1)C(F)(F)F)c1nc2ccccc2[nH]1. The molecule has 1 aromatic carbocycles. The molecule has 8 heteroatoms. The maximum atomic E-state index is 13.2. The van der Waals surface area contributed by atoms with E-state index >= 15 is 0 Å². The molecule has 2 N–H and O–H groups in total. The number of benzene rings is 1. The van der Waals surface area contributed by atoms with Crippen LogP contribution in [0.25, 0.3) is 11.0 Å². The number of halogens is 3. The third-order valence-electron chi connectivity index (χ3n) is 3.22. The maximum absolute atomic E-state index is 13.2. The van der Waals surface area contributed by atoms with Crippen molar-refractivity contribution in [2.45, 2.75) is 12.2 Å². The van der Waals surface area contributed by atoms with E-state index < -0.39 is 18.1 Å². The Bertz CT molecular complexity index is 796. The molecule has 0 radical (unpaired) electrons. The van der Waals surface area contributed by atoms with E-state index in [4.69, 9.17) is 0 Å². The summed E-state index contributed by atoms with van der Waals surface area (Å²) in [4.78, 5) is 22.5. The molecule has 118 valence electrons. The number of H-pyrrole nitrogens is 1. The van der Waals surface area contributed by atoms with Gasteiger partial charge in [0, 0.05) is 18.0 Å². The molecule has 2 heterocycles. The topological polar surface area (TPSA) is 70.7 Å². The van der Waals surface area contributed by atoms with Crippen LogP contribution in [-0.2, 0) is 0 Å². The molecular weight excluding hydrogens is 309 g/mol. The van der Waals surface area contributed by atoms with E-state index in [1.807, 2.05) is 5.32 Å². The number of carbonyl (C=O) groups excluding carboxylic acids is 1. The number of imidazole rings is 1. The van der Waals surface area contributed by atoms with Crippen molar-refractivity contribution in [1.29, 1.82) is 0 Å². The molecule has 0 saturated heterocycles. The smallest absolute Gasteiger partial charge is 0.334 e. The fourth-order valence-corrected chi connectivity index (χ4v) is 2.16. The Balaban J connectivity index is 1.89. The van der Waals surface area contributed by atoms with Crippen LogP contribution in [0.5, 0.6) is 0 Å². The number of nitrogens with zero attached hydrogens (tertiary/aromatic N) is 2. The molecule has 0 bridgehead atoms. The number of carbonyl (C=O) groups is 1. The van der Waals surface area contributed by atoms with E-state index in [9.17, 15) is 18.0 Å². The van der Waals surface area contributed by atoms with Gasteiger partial charge in [0.15, 0.2) is 11.9 Å². The van der Waals surface area contributed by atoms with Gasteiger partial charge in [-0.05, 0) is 18.2 Å². The summed E-state index contributed by atoms with van der Waals surface area (Å²) in [6, 6.07) is 7.27. The van der Waals surface area contributed by atoms with E-state index in [0.29, 0.717) is 11.0 Å². The van der Waals surface area contributed by atoms with Gasteiger partial charge in [-0.25, -0.2) is 4.98 Å². The van der Waals surface area contributed by atoms with Crippen molar-refractivity contribution in [2.75, 3.05) is 0 Å². The van der Waals surface area contributed by atoms with Gasteiger partial charge in [0.25, 0.3) is 5.91 Å². The fraction of sp³-hybridized carbons (Fsp3) is 0.133. The zero-order valence-corrected chi connectivity index (χ0v) is 11.6. The summed E-state index contributed by atoms with van der Waals surface area (Å²) in [6.45, 7) is 0. The highest BCUT2D eigenvalue weighted by Gasteiger charge is 2.42. The normalized spacial score (nSPS) is 13.0. The highest BCUT2D eigenvalue weighted by atomic mass is 19.4. The summed E-state index contributed by atoms with van der Waals surface area (Å²) in [5.74, 6) is -1.11. The summed E-state index contributed by atoms with van der Waals surface area (Å²) in [6.07, 6.45) is -2.22. The lowest BCUT2D eigenvalue weighted by Gasteiger charge is -2.21. The number of rotatable bonds is 3. The number of hydrogen-bond acceptors (Lipinski definition) is 3. The molecule has 0 unspecified atom stereocenters. The minimum Gasteiger partial charge on any atom is -0.334 e. The van der Waals surface area contributed by atoms with Gasteiger partial charge < -0.3 is 10.3 Å². The number of nitrogens with one attached hydrogen (secondary N) is 2. The lowest BCUT2D eigenvalue weighted by molar-refractivity contribution is -0.155. The third-order valence-corrected chi connectivity index (χ3v) is 3.22. The third kappa shape index (κ3) is 3.15. The average molecular weight is 320 g/mol. The monoisotopic (exact) mass is 320 g/mol. The second-order valence-corrected chi connectivity index (χ2v) is 4.84. The Labute approximate surface area is 128 Å². The predicted octanol–water partition coefficient (Wildman–Crippen LogP) is 2.99. The van der Waals surface area contributed by atoms with Crippen LogP contribution in [0.2, 0.25) is 0 Å². The molecule has 0 aliphatic carbocycles. The largest absolute Gasteiger partial charge is 0.412 e. The van der Waals surface area contributed by atoms with Crippen LogP contribution in [0.3, 0.4) is 0 Å². The quantitative estimate of drug-likeness (QED) is 0.779. The van der Waals surface area contributed by atoms with Crippen LogP contribution in [-0.4, -0.2) is 27.0 Å². The number of aromatic nitrogens is 3. The Hall–Kier alpha value is -2.90. The molecule has 0 aliphatic rings. The molecule has 23 heavy (non-hydrogen) atoms. The van der Waals surface area contributed by atoms with Crippen molar-refractivity contribution >= 4 is 16.9 Å². The van der Waals surface area contributed by atoms with Gasteiger partial charge in [-0.2, -0.15) is 13.2 Å². The zero-order valence-electron chi connectivity index (χ0n) is 11.6. The van der Waals surface area contributed by atoms with Crippen LogP contribution in [0.15, 0.2) is 48.8 Å². The number of aromatic amines is 1. The Morgan fingerprint density at radius 3 is 2.61 bits per heavy atom. The second kappa shape index (κ2) is 5.71. The molecule has 1 atom stereocenters. The number of amides is 1. The molecule has 0 spiro atoms. The van der Waals surface area contributed by atoms with E-state index in [1.165, 1.54) is 18.3 Å². The first-order valence-corrected chi connectivity index (χ1v) is 6.67. The molecule has 0 aliphatic heterocycles. The van der Waals surface area contributed by atoms with Gasteiger partial charge in [0.1, 0.15) is 0 Å². The average Bonchev–Trinajstić information content (AvgIpc) is 2.96. The molecule has 1 amide bonds. The number of fused-ring (bicyclic) bond motifs is 1. The first kappa shape index (κ1) is 15.0. The summed E-state index contributed by atoms with van der Waals surface area (Å²) in [5, 5.41) is 1.95. The molecule has 3 rings (SSSR count). The molecule has 2 aromatic heterocycles. The van der Waals surface area contributed by atoms with Crippen molar-refractivity contribution < 1.29 is 18.0 Å². The van der Waals surface area contributed by atoms with Crippen LogP contribution in [0.1, 0.15) is 22.2 Å². The number of alkyl halides is 3. The highest BCUT2D eigenvalue weighted by molar-refractivity contribution is 5.94. The van der Waals surface area contributed by atoms with Crippen molar-refractivity contribution in [2.24, 2.45) is 0 Å².